The lowest BCUT2D eigenvalue weighted by molar-refractivity contribution is -0.148. The molecule has 2 bridgehead atoms. The van der Waals surface area contributed by atoms with Gasteiger partial charge < -0.3 is 20.1 Å². The van der Waals surface area contributed by atoms with Crippen LogP contribution in [0, 0.1) is 23.6 Å². The van der Waals surface area contributed by atoms with E-state index in [0.717, 1.165) is 25.7 Å². The number of rotatable bonds is 5. The first-order valence-corrected chi connectivity index (χ1v) is 12.3. The Bertz CT molecular complexity index is 1270. The molecule has 3 aromatic rings. The molecule has 35 heavy (non-hydrogen) atoms. The maximum Gasteiger partial charge on any atom is 0.308 e. The van der Waals surface area contributed by atoms with Crippen LogP contribution in [0.1, 0.15) is 25.7 Å². The highest BCUT2D eigenvalue weighted by Crippen LogP contribution is 2.46. The number of halogens is 2. The average Bonchev–Trinajstić information content (AvgIpc) is 3.29. The quantitative estimate of drug-likeness (QED) is 0.482. The zero-order valence-electron chi connectivity index (χ0n) is 18.9. The van der Waals surface area contributed by atoms with E-state index in [1.165, 1.54) is 6.20 Å². The Labute approximate surface area is 205 Å². The number of hydrogen-bond donors (Lipinski definition) is 3. The fourth-order valence-corrected chi connectivity index (χ4v) is 6.00. The molecule has 4 heterocycles. The maximum absolute atomic E-state index is 15.9. The van der Waals surface area contributed by atoms with E-state index in [2.05, 4.69) is 30.5 Å². The number of pyridine rings is 1. The van der Waals surface area contributed by atoms with Crippen LogP contribution in [0.25, 0.3) is 22.6 Å². The SMILES string of the molecule is O=C(O)[C@H]1C2CCC(CC2)[C@@H]1Nc1nc(-c2[nH]nc3ncc(Cl)cc23)nc(N2CCOCC2)c1F. The molecule has 0 spiro atoms. The van der Waals surface area contributed by atoms with Gasteiger partial charge in [-0.3, -0.25) is 9.89 Å². The smallest absolute Gasteiger partial charge is 0.308 e. The number of hydrogen-bond acceptors (Lipinski definition) is 8. The fourth-order valence-electron chi connectivity index (χ4n) is 5.84. The molecule has 4 fully saturated rings. The molecule has 184 valence electrons. The Balaban J connectivity index is 1.45. The number of morpholine rings is 1. The summed E-state index contributed by atoms with van der Waals surface area (Å²) in [6.45, 7) is 1.88. The summed E-state index contributed by atoms with van der Waals surface area (Å²) in [6.07, 6.45) is 5.14. The van der Waals surface area contributed by atoms with Gasteiger partial charge in [-0.25, -0.2) is 15.0 Å². The summed E-state index contributed by atoms with van der Waals surface area (Å²) in [5.41, 5.74) is 0.905. The van der Waals surface area contributed by atoms with Crippen LogP contribution < -0.4 is 10.2 Å². The summed E-state index contributed by atoms with van der Waals surface area (Å²) in [4.78, 5) is 27.3. The molecular formula is C23H25ClFN7O3. The molecule has 10 nitrogen and oxygen atoms in total. The van der Waals surface area contributed by atoms with Gasteiger partial charge in [0.2, 0.25) is 5.82 Å². The largest absolute Gasteiger partial charge is 0.481 e. The number of aromatic amines is 1. The molecule has 12 heteroatoms. The van der Waals surface area contributed by atoms with Crippen molar-refractivity contribution in [2.45, 2.75) is 31.7 Å². The van der Waals surface area contributed by atoms with Gasteiger partial charge in [0.15, 0.2) is 23.1 Å². The lowest BCUT2D eigenvalue weighted by atomic mass is 9.61. The van der Waals surface area contributed by atoms with Crippen molar-refractivity contribution in [1.29, 1.82) is 0 Å². The molecule has 3 saturated carbocycles. The molecule has 3 aliphatic carbocycles. The molecule has 1 saturated heterocycles. The zero-order valence-corrected chi connectivity index (χ0v) is 19.6. The van der Waals surface area contributed by atoms with Gasteiger partial charge in [-0.05, 0) is 43.6 Å². The molecule has 3 N–H and O–H groups in total. The monoisotopic (exact) mass is 501 g/mol. The fraction of sp³-hybridized carbons (Fsp3) is 0.522. The van der Waals surface area contributed by atoms with Gasteiger partial charge in [-0.15, -0.1) is 0 Å². The van der Waals surface area contributed by atoms with E-state index < -0.39 is 23.7 Å². The Morgan fingerprint density at radius 3 is 2.69 bits per heavy atom. The number of anilines is 2. The molecule has 0 radical (unpaired) electrons. The Morgan fingerprint density at radius 2 is 1.94 bits per heavy atom. The van der Waals surface area contributed by atoms with Crippen molar-refractivity contribution in [1.82, 2.24) is 25.1 Å². The first kappa shape index (κ1) is 22.4. The van der Waals surface area contributed by atoms with Gasteiger partial charge in [0.1, 0.15) is 5.69 Å². The molecule has 3 aromatic heterocycles. The standard InChI is InChI=1S/C23H25ClFN7O3/c24-13-9-14-18(30-31-19(14)26-10-13)21-28-20(16(25)22(29-21)32-5-7-35-8-6-32)27-17-12-3-1-11(2-4-12)15(17)23(33)34/h9-12,15,17H,1-8H2,(H,33,34)(H,26,30,31)(H,27,28,29)/t11?,12?,15-,17-/m0/s1. The first-order chi connectivity index (χ1) is 17.0. The molecule has 7 rings (SSSR count). The zero-order chi connectivity index (χ0) is 24.1. The summed E-state index contributed by atoms with van der Waals surface area (Å²) in [5.74, 6) is -1.41. The van der Waals surface area contributed by atoms with Crippen molar-refractivity contribution in [3.05, 3.63) is 23.1 Å². The van der Waals surface area contributed by atoms with Crippen LogP contribution in [-0.4, -0.2) is 68.6 Å². The van der Waals surface area contributed by atoms with Crippen molar-refractivity contribution in [3.63, 3.8) is 0 Å². The normalized spacial score (nSPS) is 26.3. The van der Waals surface area contributed by atoms with Crippen molar-refractivity contribution in [3.8, 4) is 11.5 Å². The van der Waals surface area contributed by atoms with Crippen LogP contribution in [0.15, 0.2) is 12.3 Å². The first-order valence-electron chi connectivity index (χ1n) is 11.9. The van der Waals surface area contributed by atoms with Crippen molar-refractivity contribution in [2.75, 3.05) is 36.5 Å². The van der Waals surface area contributed by atoms with Gasteiger partial charge in [-0.2, -0.15) is 9.49 Å². The van der Waals surface area contributed by atoms with Crippen LogP contribution in [0.5, 0.6) is 0 Å². The van der Waals surface area contributed by atoms with Crippen LogP contribution >= 0.6 is 11.6 Å². The average molecular weight is 502 g/mol. The Hall–Kier alpha value is -3.05. The number of aliphatic carboxylic acids is 1. The summed E-state index contributed by atoms with van der Waals surface area (Å²) in [5, 5.41) is 21.3. The second-order valence-corrected chi connectivity index (χ2v) is 9.90. The van der Waals surface area contributed by atoms with E-state index in [9.17, 15) is 9.90 Å². The number of aromatic nitrogens is 5. The molecule has 2 atom stereocenters. The second-order valence-electron chi connectivity index (χ2n) is 9.47. The minimum Gasteiger partial charge on any atom is -0.481 e. The van der Waals surface area contributed by atoms with Crippen LogP contribution in [0.4, 0.5) is 16.0 Å². The predicted molar refractivity (Wildman–Crippen MR) is 127 cm³/mol. The highest BCUT2D eigenvalue weighted by Gasteiger charge is 2.47. The number of ether oxygens (including phenoxy) is 1. The summed E-state index contributed by atoms with van der Waals surface area (Å²) in [6, 6.07) is 1.31. The number of fused-ring (bicyclic) bond motifs is 4. The van der Waals surface area contributed by atoms with Gasteiger partial charge >= 0.3 is 5.97 Å². The minimum absolute atomic E-state index is 0.00182. The molecular weight excluding hydrogens is 477 g/mol. The van der Waals surface area contributed by atoms with Crippen molar-refractivity contribution < 1.29 is 19.0 Å². The molecule has 0 amide bonds. The maximum atomic E-state index is 15.9. The molecule has 0 aromatic carbocycles. The Morgan fingerprint density at radius 1 is 1.20 bits per heavy atom. The third kappa shape index (κ3) is 3.96. The highest BCUT2D eigenvalue weighted by molar-refractivity contribution is 6.31. The van der Waals surface area contributed by atoms with Crippen molar-refractivity contribution in [2.24, 2.45) is 17.8 Å². The summed E-state index contributed by atoms with van der Waals surface area (Å²) in [7, 11) is 0. The number of carboxylic acid groups (broad SMARTS) is 1. The van der Waals surface area contributed by atoms with Crippen LogP contribution in [-0.2, 0) is 9.53 Å². The third-order valence-corrected chi connectivity index (χ3v) is 7.76. The van der Waals surface area contributed by atoms with E-state index in [1.54, 1.807) is 6.07 Å². The lowest BCUT2D eigenvalue weighted by Gasteiger charge is -2.47. The molecule has 4 aliphatic rings. The predicted octanol–water partition coefficient (Wildman–Crippen LogP) is 3.35. The molecule has 1 aliphatic heterocycles. The summed E-state index contributed by atoms with van der Waals surface area (Å²) < 4.78 is 21.3. The number of H-pyrrole nitrogens is 1. The van der Waals surface area contributed by atoms with E-state index in [4.69, 9.17) is 16.3 Å². The van der Waals surface area contributed by atoms with Gasteiger partial charge in [-0.1, -0.05) is 11.6 Å². The topological polar surface area (TPSA) is 129 Å². The van der Waals surface area contributed by atoms with Gasteiger partial charge in [0.25, 0.3) is 0 Å². The minimum atomic E-state index is -0.847. The number of nitrogens with one attached hydrogen (secondary N) is 2. The van der Waals surface area contributed by atoms with Gasteiger partial charge in [0, 0.05) is 25.3 Å². The number of carbonyl (C=O) groups is 1. The van der Waals surface area contributed by atoms with E-state index in [-0.39, 0.29) is 29.3 Å². The van der Waals surface area contributed by atoms with Crippen LogP contribution in [0.3, 0.4) is 0 Å². The lowest BCUT2D eigenvalue weighted by Crippen LogP contribution is -2.51. The number of nitrogens with zero attached hydrogens (tertiary/aromatic N) is 5. The van der Waals surface area contributed by atoms with E-state index in [1.807, 2.05) is 4.90 Å². The van der Waals surface area contributed by atoms with E-state index >= 15 is 4.39 Å². The van der Waals surface area contributed by atoms with E-state index in [0.29, 0.717) is 48.1 Å². The molecule has 0 unspecified atom stereocenters. The highest BCUT2D eigenvalue weighted by atomic mass is 35.5. The second kappa shape index (κ2) is 8.87. The summed E-state index contributed by atoms with van der Waals surface area (Å²) >= 11 is 6.16. The van der Waals surface area contributed by atoms with Crippen molar-refractivity contribution >= 4 is 40.2 Å². The third-order valence-electron chi connectivity index (χ3n) is 7.55. The Kier molecular flexibility index (Phi) is 5.68. The number of carboxylic acids is 1. The van der Waals surface area contributed by atoms with Gasteiger partial charge in [0.05, 0.1) is 29.5 Å². The van der Waals surface area contributed by atoms with Crippen LogP contribution in [0.2, 0.25) is 5.02 Å².